The van der Waals surface area contributed by atoms with E-state index in [4.69, 9.17) is 9.73 Å². The van der Waals surface area contributed by atoms with Gasteiger partial charge in [-0.25, -0.2) is 0 Å². The molecule has 2 saturated heterocycles. The maximum absolute atomic E-state index is 5.45. The van der Waals surface area contributed by atoms with Crippen LogP contribution in [-0.4, -0.2) is 74.8 Å². The quantitative estimate of drug-likeness (QED) is 0.367. The Balaban J connectivity index is 0.00000288. The molecule has 0 saturated carbocycles. The van der Waals surface area contributed by atoms with E-state index in [2.05, 4.69) is 35.9 Å². The minimum atomic E-state index is 0. The second kappa shape index (κ2) is 12.3. The van der Waals surface area contributed by atoms with E-state index in [1.165, 1.54) is 25.8 Å². The zero-order valence-corrected chi connectivity index (χ0v) is 18.1. The molecule has 0 spiro atoms. The van der Waals surface area contributed by atoms with E-state index in [1.54, 1.807) is 0 Å². The van der Waals surface area contributed by atoms with Gasteiger partial charge < -0.3 is 15.0 Å². The van der Waals surface area contributed by atoms with E-state index < -0.39 is 0 Å². The molecule has 2 fully saturated rings. The van der Waals surface area contributed by atoms with Crippen molar-refractivity contribution in [3.63, 3.8) is 0 Å². The Labute approximate surface area is 165 Å². The Hall–Kier alpha value is -0.0800. The monoisotopic (exact) mass is 452 g/mol. The van der Waals surface area contributed by atoms with Gasteiger partial charge in [-0.2, -0.15) is 0 Å². The number of hydrogen-bond acceptors (Lipinski definition) is 3. The first-order chi connectivity index (χ1) is 11.3. The van der Waals surface area contributed by atoms with Crippen LogP contribution >= 0.6 is 24.0 Å². The largest absolute Gasteiger partial charge is 0.379 e. The average Bonchev–Trinajstić information content (AvgIpc) is 3.04. The number of nitrogens with one attached hydrogen (secondary N) is 1. The SMILES string of the molecule is CCNC(=NCC(CC)CC)N1CCC(CN2CCOCC2)C1.I. The van der Waals surface area contributed by atoms with Gasteiger partial charge in [-0.15, -0.1) is 24.0 Å². The van der Waals surface area contributed by atoms with Crippen LogP contribution < -0.4 is 5.32 Å². The third kappa shape index (κ3) is 7.04. The predicted molar refractivity (Wildman–Crippen MR) is 112 cm³/mol. The Bertz CT molecular complexity index is 357. The summed E-state index contributed by atoms with van der Waals surface area (Å²) in [4.78, 5) is 9.95. The number of rotatable bonds is 7. The molecule has 2 aliphatic heterocycles. The molecule has 0 aromatic carbocycles. The Morgan fingerprint density at radius 2 is 1.88 bits per heavy atom. The lowest BCUT2D eigenvalue weighted by molar-refractivity contribution is 0.0315. The van der Waals surface area contributed by atoms with Crippen LogP contribution in [0.25, 0.3) is 0 Å². The van der Waals surface area contributed by atoms with Crippen LogP contribution in [0.2, 0.25) is 0 Å². The van der Waals surface area contributed by atoms with E-state index >= 15 is 0 Å². The van der Waals surface area contributed by atoms with Crippen molar-refractivity contribution in [3.8, 4) is 0 Å². The second-order valence-corrected chi connectivity index (χ2v) is 6.89. The number of hydrogen-bond donors (Lipinski definition) is 1. The van der Waals surface area contributed by atoms with Gasteiger partial charge in [-0.1, -0.05) is 26.7 Å². The molecule has 0 radical (unpaired) electrons. The normalized spacial score (nSPS) is 22.8. The van der Waals surface area contributed by atoms with Crippen LogP contribution in [0.4, 0.5) is 0 Å². The standard InChI is InChI=1S/C18H36N4O.HI/c1-4-16(5-2)13-20-18(19-6-3)22-8-7-17(15-22)14-21-9-11-23-12-10-21;/h16-17H,4-15H2,1-3H3,(H,19,20);1H. The van der Waals surface area contributed by atoms with E-state index in [0.717, 1.165) is 70.3 Å². The van der Waals surface area contributed by atoms with Crippen molar-refractivity contribution in [2.75, 3.05) is 59.0 Å². The molecular weight excluding hydrogens is 415 g/mol. The number of halogens is 1. The number of morpholine rings is 1. The summed E-state index contributed by atoms with van der Waals surface area (Å²) in [5, 5.41) is 3.49. The summed E-state index contributed by atoms with van der Waals surface area (Å²) in [6, 6.07) is 0. The number of aliphatic imine (C=N–C) groups is 1. The summed E-state index contributed by atoms with van der Waals surface area (Å²) in [6.45, 7) is 16.1. The lowest BCUT2D eigenvalue weighted by Crippen LogP contribution is -2.42. The van der Waals surface area contributed by atoms with E-state index in [9.17, 15) is 0 Å². The molecule has 0 bridgehead atoms. The first kappa shape index (κ1) is 22.0. The summed E-state index contributed by atoms with van der Waals surface area (Å²) >= 11 is 0. The van der Waals surface area contributed by atoms with Crippen LogP contribution in [0.15, 0.2) is 4.99 Å². The number of likely N-dealkylation sites (tertiary alicyclic amines) is 1. The van der Waals surface area contributed by atoms with Crippen LogP contribution in [0.3, 0.4) is 0 Å². The average molecular weight is 452 g/mol. The van der Waals surface area contributed by atoms with Gasteiger partial charge in [0.15, 0.2) is 5.96 Å². The molecule has 24 heavy (non-hydrogen) atoms. The molecule has 1 N–H and O–H groups in total. The minimum Gasteiger partial charge on any atom is -0.379 e. The Morgan fingerprint density at radius 1 is 1.17 bits per heavy atom. The molecule has 0 amide bonds. The maximum Gasteiger partial charge on any atom is 0.193 e. The molecular formula is C18H37IN4O. The van der Waals surface area contributed by atoms with Crippen LogP contribution in [0.5, 0.6) is 0 Å². The smallest absolute Gasteiger partial charge is 0.193 e. The van der Waals surface area contributed by atoms with Gasteiger partial charge in [-0.05, 0) is 25.2 Å². The number of ether oxygens (including phenoxy) is 1. The lowest BCUT2D eigenvalue weighted by Gasteiger charge is -2.29. The molecule has 2 heterocycles. The fourth-order valence-electron chi connectivity index (χ4n) is 3.51. The number of nitrogens with zero attached hydrogens (tertiary/aromatic N) is 3. The van der Waals surface area contributed by atoms with Crippen molar-refractivity contribution in [2.24, 2.45) is 16.8 Å². The van der Waals surface area contributed by atoms with E-state index in [1.807, 2.05) is 0 Å². The van der Waals surface area contributed by atoms with Crippen molar-refractivity contribution in [3.05, 3.63) is 0 Å². The molecule has 2 rings (SSSR count). The minimum absolute atomic E-state index is 0. The van der Waals surface area contributed by atoms with Crippen molar-refractivity contribution < 1.29 is 4.74 Å². The molecule has 0 aliphatic carbocycles. The fraction of sp³-hybridized carbons (Fsp3) is 0.944. The molecule has 5 nitrogen and oxygen atoms in total. The van der Waals surface area contributed by atoms with Crippen LogP contribution in [-0.2, 0) is 4.74 Å². The summed E-state index contributed by atoms with van der Waals surface area (Å²) in [6.07, 6.45) is 3.73. The van der Waals surface area contributed by atoms with E-state index in [0.29, 0.717) is 0 Å². The maximum atomic E-state index is 5.45. The van der Waals surface area contributed by atoms with Crippen molar-refractivity contribution in [1.29, 1.82) is 0 Å². The predicted octanol–water partition coefficient (Wildman–Crippen LogP) is 2.66. The van der Waals surface area contributed by atoms with Gasteiger partial charge in [0.2, 0.25) is 0 Å². The van der Waals surface area contributed by atoms with Crippen molar-refractivity contribution in [1.82, 2.24) is 15.1 Å². The molecule has 2 aliphatic rings. The molecule has 1 atom stereocenters. The molecule has 0 aromatic rings. The lowest BCUT2D eigenvalue weighted by atomic mass is 10.0. The zero-order valence-electron chi connectivity index (χ0n) is 15.8. The van der Waals surface area contributed by atoms with Gasteiger partial charge >= 0.3 is 0 Å². The highest BCUT2D eigenvalue weighted by atomic mass is 127. The van der Waals surface area contributed by atoms with Crippen molar-refractivity contribution in [2.45, 2.75) is 40.0 Å². The first-order valence-corrected chi connectivity index (χ1v) is 9.60. The topological polar surface area (TPSA) is 40.1 Å². The van der Waals surface area contributed by atoms with Gasteiger partial charge in [0.05, 0.1) is 13.2 Å². The zero-order chi connectivity index (χ0) is 16.5. The highest BCUT2D eigenvalue weighted by molar-refractivity contribution is 14.0. The number of guanidine groups is 1. The summed E-state index contributed by atoms with van der Waals surface area (Å²) < 4.78 is 5.45. The third-order valence-electron chi connectivity index (χ3n) is 5.19. The summed E-state index contributed by atoms with van der Waals surface area (Å²) in [5.74, 6) is 2.62. The van der Waals surface area contributed by atoms with Crippen molar-refractivity contribution >= 4 is 29.9 Å². The van der Waals surface area contributed by atoms with Crippen LogP contribution in [0, 0.1) is 11.8 Å². The highest BCUT2D eigenvalue weighted by Crippen LogP contribution is 2.18. The molecule has 0 aromatic heterocycles. The summed E-state index contributed by atoms with van der Waals surface area (Å²) in [7, 11) is 0. The summed E-state index contributed by atoms with van der Waals surface area (Å²) in [5.41, 5.74) is 0. The van der Waals surface area contributed by atoms with Gasteiger partial charge in [-0.3, -0.25) is 9.89 Å². The van der Waals surface area contributed by atoms with Gasteiger partial charge in [0.25, 0.3) is 0 Å². The molecule has 6 heteroatoms. The Morgan fingerprint density at radius 3 is 2.50 bits per heavy atom. The molecule has 1 unspecified atom stereocenters. The molecule has 142 valence electrons. The van der Waals surface area contributed by atoms with Gasteiger partial charge in [0, 0.05) is 45.8 Å². The van der Waals surface area contributed by atoms with Crippen LogP contribution in [0.1, 0.15) is 40.0 Å². The Kier molecular flexibility index (Phi) is 11.3. The fourth-order valence-corrected chi connectivity index (χ4v) is 3.51. The second-order valence-electron chi connectivity index (χ2n) is 6.89. The third-order valence-corrected chi connectivity index (χ3v) is 5.19. The highest BCUT2D eigenvalue weighted by Gasteiger charge is 2.27. The van der Waals surface area contributed by atoms with E-state index in [-0.39, 0.29) is 24.0 Å². The van der Waals surface area contributed by atoms with Gasteiger partial charge in [0.1, 0.15) is 0 Å². The first-order valence-electron chi connectivity index (χ1n) is 9.60.